The molecule has 1 atom stereocenters. The van der Waals surface area contributed by atoms with Gasteiger partial charge in [-0.3, -0.25) is 0 Å². The second kappa shape index (κ2) is 8.73. The van der Waals surface area contributed by atoms with Crippen LogP contribution in [0.3, 0.4) is 0 Å². The molecule has 0 saturated heterocycles. The van der Waals surface area contributed by atoms with Crippen LogP contribution in [0.15, 0.2) is 71.6 Å². The number of carboxylic acids is 1. The van der Waals surface area contributed by atoms with Gasteiger partial charge in [0.2, 0.25) is 10.0 Å². The van der Waals surface area contributed by atoms with E-state index in [4.69, 9.17) is 11.6 Å². The Morgan fingerprint density at radius 1 is 1.06 bits per heavy atom. The van der Waals surface area contributed by atoms with Gasteiger partial charge in [-0.1, -0.05) is 54.8 Å². The molecule has 0 spiro atoms. The molecular formula is C26H25ClN2O4S. The van der Waals surface area contributed by atoms with E-state index in [9.17, 15) is 18.3 Å². The number of likely N-dealkylation sites (N-methyl/N-ethyl adjacent to an activating group) is 1. The fourth-order valence-electron chi connectivity index (χ4n) is 4.59. The molecule has 0 bridgehead atoms. The highest BCUT2D eigenvalue weighted by atomic mass is 35.5. The Labute approximate surface area is 204 Å². The van der Waals surface area contributed by atoms with Crippen LogP contribution in [0.1, 0.15) is 29.6 Å². The predicted octanol–water partition coefficient (Wildman–Crippen LogP) is 5.65. The summed E-state index contributed by atoms with van der Waals surface area (Å²) in [6.07, 6.45) is 3.09. The number of sulfonamides is 1. The van der Waals surface area contributed by atoms with Crippen LogP contribution in [0.5, 0.6) is 0 Å². The van der Waals surface area contributed by atoms with Gasteiger partial charge in [0.1, 0.15) is 4.90 Å². The van der Waals surface area contributed by atoms with Gasteiger partial charge in [0.25, 0.3) is 0 Å². The van der Waals surface area contributed by atoms with E-state index in [1.807, 2.05) is 35.2 Å². The normalized spacial score (nSPS) is 19.9. The Bertz CT molecular complexity index is 1360. The molecule has 1 heterocycles. The quantitative estimate of drug-likeness (QED) is 0.494. The molecule has 1 N–H and O–H groups in total. The molecule has 176 valence electrons. The number of halogens is 1. The summed E-state index contributed by atoms with van der Waals surface area (Å²) in [6.45, 7) is 0.521. The molecule has 5 rings (SSSR count). The molecule has 1 fully saturated rings. The summed E-state index contributed by atoms with van der Waals surface area (Å²) < 4.78 is 29.2. The third-order valence-electron chi connectivity index (χ3n) is 6.69. The molecule has 6 nitrogen and oxygen atoms in total. The van der Waals surface area contributed by atoms with E-state index < -0.39 is 16.0 Å². The van der Waals surface area contributed by atoms with Crippen LogP contribution < -0.4 is 4.90 Å². The first-order valence-electron chi connectivity index (χ1n) is 11.2. The zero-order valence-electron chi connectivity index (χ0n) is 18.7. The maximum Gasteiger partial charge on any atom is 0.335 e. The van der Waals surface area contributed by atoms with E-state index in [2.05, 4.69) is 0 Å². The van der Waals surface area contributed by atoms with E-state index in [0.29, 0.717) is 34.3 Å². The van der Waals surface area contributed by atoms with Crippen molar-refractivity contribution in [1.29, 1.82) is 0 Å². The number of hydrogen-bond acceptors (Lipinski definition) is 4. The van der Waals surface area contributed by atoms with Crippen molar-refractivity contribution in [3.05, 3.63) is 77.3 Å². The highest BCUT2D eigenvalue weighted by Gasteiger charge is 2.40. The second-order valence-corrected chi connectivity index (χ2v) is 11.4. The first-order chi connectivity index (χ1) is 16.3. The van der Waals surface area contributed by atoms with Crippen LogP contribution in [0, 0.1) is 5.92 Å². The zero-order chi connectivity index (χ0) is 24.0. The molecule has 1 aliphatic carbocycles. The van der Waals surface area contributed by atoms with Crippen LogP contribution in [0.25, 0.3) is 11.1 Å². The molecule has 0 radical (unpaired) electrons. The molecule has 3 aromatic carbocycles. The smallest absolute Gasteiger partial charge is 0.335 e. The monoisotopic (exact) mass is 496 g/mol. The van der Waals surface area contributed by atoms with E-state index in [-0.39, 0.29) is 16.5 Å². The summed E-state index contributed by atoms with van der Waals surface area (Å²) in [5, 5.41) is 9.76. The van der Waals surface area contributed by atoms with Crippen molar-refractivity contribution in [2.24, 2.45) is 5.92 Å². The Morgan fingerprint density at radius 2 is 1.79 bits per heavy atom. The fraction of sp³-hybridized carbons (Fsp3) is 0.269. The Kier molecular flexibility index (Phi) is 5.88. The number of hydrogen-bond donors (Lipinski definition) is 1. The van der Waals surface area contributed by atoms with Gasteiger partial charge in [0, 0.05) is 30.9 Å². The van der Waals surface area contributed by atoms with Gasteiger partial charge in [-0.15, -0.1) is 0 Å². The topological polar surface area (TPSA) is 77.9 Å². The fourth-order valence-corrected chi connectivity index (χ4v) is 6.41. The van der Waals surface area contributed by atoms with Crippen molar-refractivity contribution in [1.82, 2.24) is 4.31 Å². The molecule has 0 amide bonds. The molecule has 34 heavy (non-hydrogen) atoms. The van der Waals surface area contributed by atoms with Crippen LogP contribution in [0.2, 0.25) is 5.02 Å². The van der Waals surface area contributed by atoms with Gasteiger partial charge in [-0.2, -0.15) is 4.31 Å². The number of carbonyl (C=O) groups is 1. The van der Waals surface area contributed by atoms with Gasteiger partial charge in [0.05, 0.1) is 16.3 Å². The predicted molar refractivity (Wildman–Crippen MR) is 133 cm³/mol. The number of para-hydroxylation sites is 1. The average molecular weight is 497 g/mol. The summed E-state index contributed by atoms with van der Waals surface area (Å²) in [5.41, 5.74) is 2.56. The average Bonchev–Trinajstić information content (AvgIpc) is 3.66. The van der Waals surface area contributed by atoms with Crippen molar-refractivity contribution >= 4 is 39.0 Å². The lowest BCUT2D eigenvalue weighted by molar-refractivity contribution is 0.0697. The number of aromatic carboxylic acids is 1. The Balaban J connectivity index is 1.70. The second-order valence-electron chi connectivity index (χ2n) is 8.99. The number of carboxylic acid groups (broad SMARTS) is 1. The Morgan fingerprint density at radius 3 is 2.47 bits per heavy atom. The highest BCUT2D eigenvalue weighted by molar-refractivity contribution is 7.89. The van der Waals surface area contributed by atoms with Crippen LogP contribution in [-0.2, 0) is 10.0 Å². The summed E-state index contributed by atoms with van der Waals surface area (Å²) >= 11 is 6.71. The minimum Gasteiger partial charge on any atom is -0.478 e. The van der Waals surface area contributed by atoms with Gasteiger partial charge < -0.3 is 10.0 Å². The lowest BCUT2D eigenvalue weighted by Gasteiger charge is -2.29. The van der Waals surface area contributed by atoms with E-state index in [1.54, 1.807) is 31.3 Å². The highest BCUT2D eigenvalue weighted by Crippen LogP contribution is 2.44. The summed E-state index contributed by atoms with van der Waals surface area (Å²) in [4.78, 5) is 13.7. The van der Waals surface area contributed by atoms with Gasteiger partial charge in [0.15, 0.2) is 0 Å². The molecule has 3 aromatic rings. The van der Waals surface area contributed by atoms with Crippen molar-refractivity contribution in [3.8, 4) is 11.1 Å². The molecule has 1 saturated carbocycles. The van der Waals surface area contributed by atoms with Crippen molar-refractivity contribution in [2.75, 3.05) is 18.5 Å². The largest absolute Gasteiger partial charge is 0.478 e. The number of benzene rings is 3. The maximum absolute atomic E-state index is 13.8. The van der Waals surface area contributed by atoms with Crippen molar-refractivity contribution < 1.29 is 18.3 Å². The van der Waals surface area contributed by atoms with E-state index in [0.717, 1.165) is 24.9 Å². The third kappa shape index (κ3) is 4.19. The molecule has 2 aliphatic rings. The van der Waals surface area contributed by atoms with Crippen LogP contribution in [0.4, 0.5) is 11.4 Å². The van der Waals surface area contributed by atoms with Crippen LogP contribution >= 0.6 is 11.6 Å². The van der Waals surface area contributed by atoms with Gasteiger partial charge in [-0.25, -0.2) is 13.2 Å². The Hall–Kier alpha value is -2.87. The lowest BCUT2D eigenvalue weighted by Crippen LogP contribution is -2.41. The number of fused-ring (bicyclic) bond motifs is 1. The zero-order valence-corrected chi connectivity index (χ0v) is 20.3. The molecule has 0 aromatic heterocycles. The SMILES string of the molecule is CN1[C@@H](CC2CC2)CN(c2ccccc2)c2cc(Cl)c(-c3cccc(C(=O)O)c3)cc2S1(=O)=O. The standard InChI is InChI=1S/C26H25ClN2O4S/c1-28-21(12-17-10-11-17)16-29(20-8-3-2-4-9-20)24-15-23(27)22(14-25(24)34(28,32)33)18-6-5-7-19(13-18)26(30)31/h2-9,13-15,17,21H,10-12,16H2,1H3,(H,30,31)/t21-/m0/s1. The molecule has 8 heteroatoms. The molecule has 0 unspecified atom stereocenters. The number of anilines is 2. The van der Waals surface area contributed by atoms with Crippen LogP contribution in [-0.4, -0.2) is 43.4 Å². The van der Waals surface area contributed by atoms with Gasteiger partial charge >= 0.3 is 5.97 Å². The maximum atomic E-state index is 13.8. The molecule has 1 aliphatic heterocycles. The summed E-state index contributed by atoms with van der Waals surface area (Å²) in [6, 6.07) is 19.2. The molecular weight excluding hydrogens is 472 g/mol. The van der Waals surface area contributed by atoms with Gasteiger partial charge in [-0.05, 0) is 54.3 Å². The number of rotatable bonds is 5. The number of nitrogens with zero attached hydrogens (tertiary/aromatic N) is 2. The van der Waals surface area contributed by atoms with Crippen molar-refractivity contribution in [2.45, 2.75) is 30.2 Å². The van der Waals surface area contributed by atoms with E-state index in [1.165, 1.54) is 16.4 Å². The summed E-state index contributed by atoms with van der Waals surface area (Å²) in [7, 11) is -2.17. The first-order valence-corrected chi connectivity index (χ1v) is 13.1. The minimum atomic E-state index is -3.82. The van der Waals surface area contributed by atoms with Crippen molar-refractivity contribution in [3.63, 3.8) is 0 Å². The third-order valence-corrected chi connectivity index (χ3v) is 8.95. The first kappa shape index (κ1) is 22.9. The lowest BCUT2D eigenvalue weighted by atomic mass is 10.0. The minimum absolute atomic E-state index is 0.110. The summed E-state index contributed by atoms with van der Waals surface area (Å²) in [5.74, 6) is -0.502. The van der Waals surface area contributed by atoms with E-state index >= 15 is 0 Å².